The van der Waals surface area contributed by atoms with E-state index < -0.39 is 0 Å². The molecule has 27 heavy (non-hydrogen) atoms. The topological polar surface area (TPSA) is 75.7 Å². The molecule has 3 aromatic heterocycles. The van der Waals surface area contributed by atoms with E-state index in [-0.39, 0.29) is 0 Å². The van der Waals surface area contributed by atoms with Gasteiger partial charge >= 0.3 is 0 Å². The zero-order valence-electron chi connectivity index (χ0n) is 14.8. The lowest BCUT2D eigenvalue weighted by molar-refractivity contribution is 0.331. The summed E-state index contributed by atoms with van der Waals surface area (Å²) < 4.78 is 6.71. The number of benzene rings is 1. The lowest BCUT2D eigenvalue weighted by Gasteiger charge is -2.11. The molecule has 0 saturated carbocycles. The van der Waals surface area contributed by atoms with Gasteiger partial charge in [-0.15, -0.1) is 0 Å². The predicted molar refractivity (Wildman–Crippen MR) is 112 cm³/mol. The minimum Gasteiger partial charge on any atom is -0.477 e. The van der Waals surface area contributed by atoms with Crippen LogP contribution in [0, 0.1) is 0 Å². The minimum absolute atomic E-state index is 0.440. The first-order valence-electron chi connectivity index (χ1n) is 8.63. The fourth-order valence-electron chi connectivity index (χ4n) is 2.99. The molecule has 0 atom stereocenters. The van der Waals surface area contributed by atoms with E-state index in [4.69, 9.17) is 16.3 Å². The number of anilines is 2. The Morgan fingerprint density at radius 2 is 2.07 bits per heavy atom. The standard InChI is InChI=1S/C19H17BrClN5O/c1-3-12-15(20)14-17(23-12)25-19(26-18(14)27-4-2)24-13-8-7-11(21)16-10(13)6-5-9-22-16/h5-9H,3-4H2,1-2H3,(H2,23,24,25,26). The van der Waals surface area contributed by atoms with Crippen LogP contribution in [-0.2, 0) is 6.42 Å². The highest BCUT2D eigenvalue weighted by Gasteiger charge is 2.18. The van der Waals surface area contributed by atoms with Gasteiger partial charge in [-0.05, 0) is 53.5 Å². The maximum Gasteiger partial charge on any atom is 0.232 e. The number of nitrogens with zero attached hydrogens (tertiary/aromatic N) is 3. The number of halogens is 2. The normalized spacial score (nSPS) is 11.3. The fourth-order valence-corrected chi connectivity index (χ4v) is 3.94. The molecule has 4 aromatic rings. The van der Waals surface area contributed by atoms with Gasteiger partial charge in [0.2, 0.25) is 11.8 Å². The molecule has 0 amide bonds. The molecule has 0 saturated heterocycles. The van der Waals surface area contributed by atoms with Crippen LogP contribution in [0.1, 0.15) is 19.5 Å². The maximum atomic E-state index is 6.26. The average Bonchev–Trinajstić information content (AvgIpc) is 3.00. The molecule has 6 nitrogen and oxygen atoms in total. The van der Waals surface area contributed by atoms with Crippen molar-refractivity contribution in [2.24, 2.45) is 0 Å². The maximum absolute atomic E-state index is 6.26. The zero-order chi connectivity index (χ0) is 19.0. The van der Waals surface area contributed by atoms with Crippen molar-refractivity contribution in [1.82, 2.24) is 19.9 Å². The lowest BCUT2D eigenvalue weighted by Crippen LogP contribution is -2.02. The number of aromatic nitrogens is 4. The molecule has 0 bridgehead atoms. The number of nitrogens with one attached hydrogen (secondary N) is 2. The Balaban J connectivity index is 1.84. The van der Waals surface area contributed by atoms with E-state index in [0.29, 0.717) is 23.5 Å². The van der Waals surface area contributed by atoms with E-state index in [2.05, 4.69) is 48.1 Å². The molecule has 8 heteroatoms. The Hall–Kier alpha value is -2.38. The molecule has 3 heterocycles. The second-order valence-electron chi connectivity index (χ2n) is 5.90. The molecule has 0 fully saturated rings. The zero-order valence-corrected chi connectivity index (χ0v) is 17.1. The first-order chi connectivity index (χ1) is 13.1. The summed E-state index contributed by atoms with van der Waals surface area (Å²) in [5.74, 6) is 0.971. The van der Waals surface area contributed by atoms with Crippen LogP contribution in [-0.4, -0.2) is 26.5 Å². The smallest absolute Gasteiger partial charge is 0.232 e. The molecule has 0 spiro atoms. The number of fused-ring (bicyclic) bond motifs is 2. The number of aryl methyl sites for hydroxylation is 1. The summed E-state index contributed by atoms with van der Waals surface area (Å²) >= 11 is 9.89. The fraction of sp³-hybridized carbons (Fsp3) is 0.211. The van der Waals surface area contributed by atoms with Crippen molar-refractivity contribution in [2.45, 2.75) is 20.3 Å². The van der Waals surface area contributed by atoms with Crippen molar-refractivity contribution in [3.63, 3.8) is 0 Å². The molecule has 0 aliphatic heterocycles. The van der Waals surface area contributed by atoms with E-state index >= 15 is 0 Å². The summed E-state index contributed by atoms with van der Waals surface area (Å²) in [6.45, 7) is 4.52. The predicted octanol–water partition coefficient (Wildman–Crippen LogP) is 5.63. The quantitative estimate of drug-likeness (QED) is 0.416. The van der Waals surface area contributed by atoms with Crippen LogP contribution in [0.3, 0.4) is 0 Å². The van der Waals surface area contributed by atoms with Crippen molar-refractivity contribution in [3.05, 3.63) is 45.7 Å². The van der Waals surface area contributed by atoms with Crippen molar-refractivity contribution < 1.29 is 4.74 Å². The number of H-pyrrole nitrogens is 1. The van der Waals surface area contributed by atoms with Gasteiger partial charge in [0.15, 0.2) is 0 Å². The molecular formula is C19H17BrClN5O. The molecule has 138 valence electrons. The highest BCUT2D eigenvalue weighted by Crippen LogP contribution is 2.35. The van der Waals surface area contributed by atoms with Gasteiger partial charge in [0.1, 0.15) is 5.65 Å². The minimum atomic E-state index is 0.440. The van der Waals surface area contributed by atoms with E-state index in [9.17, 15) is 0 Å². The van der Waals surface area contributed by atoms with Gasteiger partial charge in [0.05, 0.1) is 32.7 Å². The van der Waals surface area contributed by atoms with Gasteiger partial charge in [0, 0.05) is 17.3 Å². The van der Waals surface area contributed by atoms with Gasteiger partial charge in [-0.1, -0.05) is 18.5 Å². The molecule has 0 radical (unpaired) electrons. The van der Waals surface area contributed by atoms with Crippen molar-refractivity contribution >= 4 is 61.1 Å². The van der Waals surface area contributed by atoms with E-state index in [1.165, 1.54) is 0 Å². The highest BCUT2D eigenvalue weighted by molar-refractivity contribution is 9.10. The largest absolute Gasteiger partial charge is 0.477 e. The number of aromatic amines is 1. The summed E-state index contributed by atoms with van der Waals surface area (Å²) in [5.41, 5.74) is 3.33. The van der Waals surface area contributed by atoms with Crippen LogP contribution in [0.25, 0.3) is 21.9 Å². The number of ether oxygens (including phenoxy) is 1. The van der Waals surface area contributed by atoms with E-state index in [1.54, 1.807) is 6.20 Å². The summed E-state index contributed by atoms with van der Waals surface area (Å²) in [4.78, 5) is 16.9. The number of rotatable bonds is 5. The van der Waals surface area contributed by atoms with Crippen LogP contribution in [0.15, 0.2) is 34.9 Å². The van der Waals surface area contributed by atoms with Crippen molar-refractivity contribution in [1.29, 1.82) is 0 Å². The third kappa shape index (κ3) is 3.21. The molecule has 0 aliphatic carbocycles. The molecule has 0 aliphatic rings. The average molecular weight is 447 g/mol. The van der Waals surface area contributed by atoms with E-state index in [0.717, 1.165) is 44.2 Å². The Bertz CT molecular complexity index is 1140. The SMILES string of the molecule is CCOc1nc(Nc2ccc(Cl)c3ncccc23)nc2[nH]c(CC)c(Br)c12. The van der Waals surface area contributed by atoms with Gasteiger partial charge in [-0.25, -0.2) is 0 Å². The van der Waals surface area contributed by atoms with Crippen LogP contribution in [0.5, 0.6) is 5.88 Å². The molecule has 4 rings (SSSR count). The van der Waals surface area contributed by atoms with Gasteiger partial charge in [-0.3, -0.25) is 4.98 Å². The van der Waals surface area contributed by atoms with Crippen molar-refractivity contribution in [3.8, 4) is 5.88 Å². The Morgan fingerprint density at radius 1 is 1.22 bits per heavy atom. The number of hydrogen-bond donors (Lipinski definition) is 2. The molecule has 2 N–H and O–H groups in total. The summed E-state index contributed by atoms with van der Waals surface area (Å²) in [7, 11) is 0. The van der Waals surface area contributed by atoms with Crippen LogP contribution < -0.4 is 10.1 Å². The Morgan fingerprint density at radius 3 is 2.85 bits per heavy atom. The van der Waals surface area contributed by atoms with E-state index in [1.807, 2.05) is 31.2 Å². The Kier molecular flexibility index (Phi) is 4.88. The van der Waals surface area contributed by atoms with Crippen LogP contribution in [0.4, 0.5) is 11.6 Å². The summed E-state index contributed by atoms with van der Waals surface area (Å²) in [6, 6.07) is 7.53. The first kappa shape index (κ1) is 18.0. The van der Waals surface area contributed by atoms with Gasteiger partial charge < -0.3 is 15.0 Å². The van der Waals surface area contributed by atoms with Gasteiger partial charge in [0.25, 0.3) is 0 Å². The summed E-state index contributed by atoms with van der Waals surface area (Å²) in [6.07, 6.45) is 2.56. The third-order valence-electron chi connectivity index (χ3n) is 4.23. The van der Waals surface area contributed by atoms with Crippen LogP contribution in [0.2, 0.25) is 5.02 Å². The monoisotopic (exact) mass is 445 g/mol. The number of pyridine rings is 1. The van der Waals surface area contributed by atoms with Crippen molar-refractivity contribution in [2.75, 3.05) is 11.9 Å². The Labute approximate surface area is 169 Å². The van der Waals surface area contributed by atoms with Crippen LogP contribution >= 0.6 is 27.5 Å². The molecular weight excluding hydrogens is 430 g/mol. The first-order valence-corrected chi connectivity index (χ1v) is 9.80. The second-order valence-corrected chi connectivity index (χ2v) is 7.10. The summed E-state index contributed by atoms with van der Waals surface area (Å²) in [5, 5.41) is 5.62. The lowest BCUT2D eigenvalue weighted by atomic mass is 10.2. The number of hydrogen-bond acceptors (Lipinski definition) is 5. The van der Waals surface area contributed by atoms with Gasteiger partial charge in [-0.2, -0.15) is 9.97 Å². The third-order valence-corrected chi connectivity index (χ3v) is 5.41. The highest BCUT2D eigenvalue weighted by atomic mass is 79.9. The second kappa shape index (κ2) is 7.32. The molecule has 0 unspecified atom stereocenters. The molecule has 1 aromatic carbocycles.